The lowest BCUT2D eigenvalue weighted by molar-refractivity contribution is -0.142. The van der Waals surface area contributed by atoms with Gasteiger partial charge in [-0.25, -0.2) is 0 Å². The van der Waals surface area contributed by atoms with Gasteiger partial charge in [-0.3, -0.25) is 9.59 Å². The molecular formula is C15H19ClN2O3. The average Bonchev–Trinajstić information content (AvgIpc) is 2.48. The number of nitrogens with zero attached hydrogens (tertiary/aromatic N) is 1. The highest BCUT2D eigenvalue weighted by atomic mass is 35.5. The summed E-state index contributed by atoms with van der Waals surface area (Å²) < 4.78 is 5.48. The van der Waals surface area contributed by atoms with Crippen LogP contribution in [0.1, 0.15) is 24.8 Å². The molecule has 1 aliphatic rings. The Kier molecular flexibility index (Phi) is 5.07. The van der Waals surface area contributed by atoms with E-state index < -0.39 is 11.9 Å². The Morgan fingerprint density at radius 1 is 1.43 bits per heavy atom. The predicted octanol–water partition coefficient (Wildman–Crippen LogP) is 1.89. The van der Waals surface area contributed by atoms with Crippen LogP contribution in [-0.2, 0) is 9.59 Å². The Balaban J connectivity index is 1.96. The maximum Gasteiger partial charge on any atom is 0.261 e. The number of hydrogen-bond donors (Lipinski definition) is 1. The molecule has 0 radical (unpaired) electrons. The zero-order chi connectivity index (χ0) is 15.4. The highest BCUT2D eigenvalue weighted by Gasteiger charge is 2.30. The smallest absolute Gasteiger partial charge is 0.261 e. The molecule has 1 aromatic rings. The first kappa shape index (κ1) is 15.6. The van der Waals surface area contributed by atoms with Crippen LogP contribution in [0, 0.1) is 6.92 Å². The number of carbonyl (C=O) groups excluding carboxylic acids is 2. The van der Waals surface area contributed by atoms with Crippen molar-refractivity contribution in [1.82, 2.24) is 4.90 Å². The van der Waals surface area contributed by atoms with Crippen LogP contribution in [0.4, 0.5) is 0 Å². The normalized spacial score (nSPS) is 18.4. The lowest BCUT2D eigenvalue weighted by Crippen LogP contribution is -2.51. The first-order valence-corrected chi connectivity index (χ1v) is 7.34. The van der Waals surface area contributed by atoms with E-state index in [-0.39, 0.29) is 12.5 Å². The number of likely N-dealkylation sites (tertiary alicyclic amines) is 1. The fraction of sp³-hybridized carbons (Fsp3) is 0.467. The number of rotatable bonds is 4. The monoisotopic (exact) mass is 310 g/mol. The summed E-state index contributed by atoms with van der Waals surface area (Å²) in [4.78, 5) is 25.1. The van der Waals surface area contributed by atoms with Crippen molar-refractivity contribution in [2.24, 2.45) is 5.73 Å². The third-order valence-corrected chi connectivity index (χ3v) is 4.07. The van der Waals surface area contributed by atoms with Crippen molar-refractivity contribution in [2.45, 2.75) is 32.2 Å². The number of amides is 2. The molecule has 1 atom stereocenters. The molecule has 21 heavy (non-hydrogen) atoms. The van der Waals surface area contributed by atoms with E-state index in [1.165, 1.54) is 4.90 Å². The molecule has 2 N–H and O–H groups in total. The van der Waals surface area contributed by atoms with Gasteiger partial charge in [0, 0.05) is 11.6 Å². The van der Waals surface area contributed by atoms with E-state index in [0.29, 0.717) is 23.7 Å². The molecule has 0 saturated carbocycles. The predicted molar refractivity (Wildman–Crippen MR) is 80.2 cm³/mol. The van der Waals surface area contributed by atoms with Gasteiger partial charge in [0.15, 0.2) is 6.61 Å². The number of aryl methyl sites for hydroxylation is 1. The number of piperidine rings is 1. The third kappa shape index (κ3) is 3.88. The standard InChI is InChI=1S/C15H19ClN2O3/c1-10-8-11(5-6-12(10)16)21-9-14(19)18-7-3-2-4-13(18)15(17)20/h5-6,8,13H,2-4,7,9H2,1H3,(H2,17,20). The van der Waals surface area contributed by atoms with E-state index in [1.807, 2.05) is 6.92 Å². The number of hydrogen-bond acceptors (Lipinski definition) is 3. The molecule has 1 saturated heterocycles. The summed E-state index contributed by atoms with van der Waals surface area (Å²) in [5.74, 6) is -0.0885. The summed E-state index contributed by atoms with van der Waals surface area (Å²) in [6, 6.07) is 4.70. The highest BCUT2D eigenvalue weighted by Crippen LogP contribution is 2.22. The lowest BCUT2D eigenvalue weighted by atomic mass is 10.0. The molecule has 1 heterocycles. The third-order valence-electron chi connectivity index (χ3n) is 3.64. The summed E-state index contributed by atoms with van der Waals surface area (Å²) >= 11 is 5.94. The molecule has 0 aromatic heterocycles. The molecule has 114 valence electrons. The molecule has 0 bridgehead atoms. The van der Waals surface area contributed by atoms with Crippen LogP contribution >= 0.6 is 11.6 Å². The van der Waals surface area contributed by atoms with Crippen molar-refractivity contribution in [3.8, 4) is 5.75 Å². The van der Waals surface area contributed by atoms with Gasteiger partial charge in [-0.1, -0.05) is 11.6 Å². The first-order chi connectivity index (χ1) is 9.99. The van der Waals surface area contributed by atoms with E-state index in [1.54, 1.807) is 18.2 Å². The summed E-state index contributed by atoms with van der Waals surface area (Å²) in [7, 11) is 0. The van der Waals surface area contributed by atoms with Crippen LogP contribution in [0.5, 0.6) is 5.75 Å². The Morgan fingerprint density at radius 2 is 2.19 bits per heavy atom. The van der Waals surface area contributed by atoms with Crippen molar-refractivity contribution in [1.29, 1.82) is 0 Å². The number of ether oxygens (including phenoxy) is 1. The molecule has 6 heteroatoms. The summed E-state index contributed by atoms with van der Waals surface area (Å²) in [6.07, 6.45) is 2.42. The zero-order valence-corrected chi connectivity index (χ0v) is 12.7. The van der Waals surface area contributed by atoms with E-state index in [0.717, 1.165) is 18.4 Å². The fourth-order valence-corrected chi connectivity index (χ4v) is 2.58. The first-order valence-electron chi connectivity index (χ1n) is 6.97. The van der Waals surface area contributed by atoms with Crippen molar-refractivity contribution in [3.63, 3.8) is 0 Å². The average molecular weight is 311 g/mol. The van der Waals surface area contributed by atoms with Gasteiger partial charge in [0.05, 0.1) is 0 Å². The second-order valence-corrected chi connectivity index (χ2v) is 5.61. The van der Waals surface area contributed by atoms with Gasteiger partial charge in [-0.05, 0) is 49.9 Å². The van der Waals surface area contributed by atoms with Gasteiger partial charge in [0.2, 0.25) is 5.91 Å². The second-order valence-electron chi connectivity index (χ2n) is 5.20. The van der Waals surface area contributed by atoms with Crippen molar-refractivity contribution in [2.75, 3.05) is 13.2 Å². The molecule has 0 aliphatic carbocycles. The van der Waals surface area contributed by atoms with E-state index >= 15 is 0 Å². The molecule has 5 nitrogen and oxygen atoms in total. The van der Waals surface area contributed by atoms with Crippen LogP contribution in [0.3, 0.4) is 0 Å². The molecule has 1 fully saturated rings. The summed E-state index contributed by atoms with van der Waals surface area (Å²) in [6.45, 7) is 2.31. The Hall–Kier alpha value is -1.75. The number of carbonyl (C=O) groups is 2. The van der Waals surface area contributed by atoms with E-state index in [2.05, 4.69) is 0 Å². The minimum absolute atomic E-state index is 0.106. The number of halogens is 1. The molecule has 1 unspecified atom stereocenters. The summed E-state index contributed by atoms with van der Waals surface area (Å²) in [5, 5.41) is 0.651. The number of benzene rings is 1. The molecule has 2 amide bonds. The highest BCUT2D eigenvalue weighted by molar-refractivity contribution is 6.31. The van der Waals surface area contributed by atoms with Crippen molar-refractivity contribution >= 4 is 23.4 Å². The topological polar surface area (TPSA) is 72.6 Å². The quantitative estimate of drug-likeness (QED) is 0.923. The second kappa shape index (κ2) is 6.80. The van der Waals surface area contributed by atoms with E-state index in [4.69, 9.17) is 22.1 Å². The van der Waals surface area contributed by atoms with Gasteiger partial charge in [-0.2, -0.15) is 0 Å². The maximum absolute atomic E-state index is 12.2. The number of primary amides is 1. The van der Waals surface area contributed by atoms with E-state index in [9.17, 15) is 9.59 Å². The lowest BCUT2D eigenvalue weighted by Gasteiger charge is -2.33. The van der Waals surface area contributed by atoms with Gasteiger partial charge < -0.3 is 15.4 Å². The molecule has 0 spiro atoms. The maximum atomic E-state index is 12.2. The Labute approximate surface area is 129 Å². The largest absolute Gasteiger partial charge is 0.484 e. The molecule has 1 aliphatic heterocycles. The minimum Gasteiger partial charge on any atom is -0.484 e. The number of nitrogens with two attached hydrogens (primary N) is 1. The van der Waals surface area contributed by atoms with Crippen LogP contribution < -0.4 is 10.5 Å². The van der Waals surface area contributed by atoms with Gasteiger partial charge in [-0.15, -0.1) is 0 Å². The zero-order valence-electron chi connectivity index (χ0n) is 12.0. The molecule has 2 rings (SSSR count). The fourth-order valence-electron chi connectivity index (χ4n) is 2.46. The Morgan fingerprint density at radius 3 is 2.86 bits per heavy atom. The van der Waals surface area contributed by atoms with Gasteiger partial charge in [0.25, 0.3) is 5.91 Å². The van der Waals surface area contributed by atoms with Crippen LogP contribution in [-0.4, -0.2) is 35.9 Å². The van der Waals surface area contributed by atoms with Gasteiger partial charge in [0.1, 0.15) is 11.8 Å². The Bertz CT molecular complexity index is 548. The van der Waals surface area contributed by atoms with Crippen molar-refractivity contribution in [3.05, 3.63) is 28.8 Å². The van der Waals surface area contributed by atoms with Crippen molar-refractivity contribution < 1.29 is 14.3 Å². The van der Waals surface area contributed by atoms with Gasteiger partial charge >= 0.3 is 0 Å². The minimum atomic E-state index is -0.512. The summed E-state index contributed by atoms with van der Waals surface area (Å²) in [5.41, 5.74) is 6.23. The van der Waals surface area contributed by atoms with Crippen LogP contribution in [0.2, 0.25) is 5.02 Å². The van der Waals surface area contributed by atoms with Crippen LogP contribution in [0.15, 0.2) is 18.2 Å². The molecular weight excluding hydrogens is 292 g/mol. The van der Waals surface area contributed by atoms with Crippen LogP contribution in [0.25, 0.3) is 0 Å². The molecule has 1 aromatic carbocycles. The SMILES string of the molecule is Cc1cc(OCC(=O)N2CCCCC2C(N)=O)ccc1Cl.